The third kappa shape index (κ3) is 3.68. The van der Waals surface area contributed by atoms with Gasteiger partial charge in [-0.25, -0.2) is 0 Å². The molecule has 1 saturated heterocycles. The minimum Gasteiger partial charge on any atom is -0.368 e. The van der Waals surface area contributed by atoms with E-state index in [2.05, 4.69) is 24.1 Å². The number of carbonyl (C=O) groups is 1. The summed E-state index contributed by atoms with van der Waals surface area (Å²) in [6.45, 7) is 12.1. The van der Waals surface area contributed by atoms with Crippen LogP contribution in [0.4, 0.5) is 0 Å². The molecule has 0 aliphatic carbocycles. The average Bonchev–Trinajstić information content (AvgIpc) is 2.66. The van der Waals surface area contributed by atoms with Crippen molar-refractivity contribution < 1.29 is 4.79 Å². The van der Waals surface area contributed by atoms with Crippen LogP contribution in [0.3, 0.4) is 0 Å². The molecule has 0 radical (unpaired) electrons. The minimum atomic E-state index is -0.597. The number of rotatable bonds is 6. The van der Waals surface area contributed by atoms with Crippen LogP contribution in [-0.2, 0) is 4.79 Å². The van der Waals surface area contributed by atoms with E-state index in [0.29, 0.717) is 0 Å². The SMILES string of the molecule is CCNC(C)(CN1CCC(C(C)C)C1)C(N)=O. The summed E-state index contributed by atoms with van der Waals surface area (Å²) in [7, 11) is 0. The molecule has 0 aromatic rings. The van der Waals surface area contributed by atoms with Gasteiger partial charge in [0.15, 0.2) is 0 Å². The molecule has 3 N–H and O–H groups in total. The molecule has 1 aliphatic heterocycles. The monoisotopic (exact) mass is 241 g/mol. The molecule has 1 fully saturated rings. The molecule has 1 amide bonds. The molecule has 4 heteroatoms. The van der Waals surface area contributed by atoms with Gasteiger partial charge >= 0.3 is 0 Å². The highest BCUT2D eigenvalue weighted by Gasteiger charge is 2.35. The normalized spacial score (nSPS) is 25.1. The highest BCUT2D eigenvalue weighted by molar-refractivity contribution is 5.84. The topological polar surface area (TPSA) is 58.4 Å². The average molecular weight is 241 g/mol. The van der Waals surface area contributed by atoms with Gasteiger partial charge in [-0.1, -0.05) is 20.8 Å². The van der Waals surface area contributed by atoms with Gasteiger partial charge in [0.1, 0.15) is 5.54 Å². The van der Waals surface area contributed by atoms with Gasteiger partial charge in [0, 0.05) is 13.1 Å². The van der Waals surface area contributed by atoms with E-state index in [-0.39, 0.29) is 5.91 Å². The van der Waals surface area contributed by atoms with Crippen LogP contribution in [0.25, 0.3) is 0 Å². The molecule has 4 nitrogen and oxygen atoms in total. The summed E-state index contributed by atoms with van der Waals surface area (Å²) in [5.41, 5.74) is 4.90. The number of amides is 1. The fraction of sp³-hybridized carbons (Fsp3) is 0.923. The van der Waals surface area contributed by atoms with Crippen molar-refractivity contribution >= 4 is 5.91 Å². The number of nitrogens with zero attached hydrogens (tertiary/aromatic N) is 1. The first-order chi connectivity index (χ1) is 7.89. The maximum atomic E-state index is 11.5. The zero-order valence-corrected chi connectivity index (χ0v) is 11.6. The van der Waals surface area contributed by atoms with Crippen LogP contribution in [0.1, 0.15) is 34.1 Å². The Balaban J connectivity index is 2.55. The molecule has 0 saturated carbocycles. The largest absolute Gasteiger partial charge is 0.368 e. The molecule has 0 bridgehead atoms. The second-order valence-electron chi connectivity index (χ2n) is 5.75. The Hall–Kier alpha value is -0.610. The fourth-order valence-corrected chi connectivity index (χ4v) is 2.61. The van der Waals surface area contributed by atoms with E-state index in [1.165, 1.54) is 6.42 Å². The Morgan fingerprint density at radius 2 is 2.24 bits per heavy atom. The first kappa shape index (κ1) is 14.5. The van der Waals surface area contributed by atoms with Crippen molar-refractivity contribution in [1.29, 1.82) is 0 Å². The predicted octanol–water partition coefficient (Wildman–Crippen LogP) is 0.818. The van der Waals surface area contributed by atoms with E-state index in [1.807, 2.05) is 13.8 Å². The lowest BCUT2D eigenvalue weighted by molar-refractivity contribution is -0.124. The molecule has 0 spiro atoms. The highest BCUT2D eigenvalue weighted by Crippen LogP contribution is 2.24. The van der Waals surface area contributed by atoms with Crippen molar-refractivity contribution in [1.82, 2.24) is 10.2 Å². The van der Waals surface area contributed by atoms with Crippen molar-refractivity contribution in [3.63, 3.8) is 0 Å². The second kappa shape index (κ2) is 5.83. The summed E-state index contributed by atoms with van der Waals surface area (Å²) in [5, 5.41) is 3.21. The van der Waals surface area contributed by atoms with Gasteiger partial charge in [0.25, 0.3) is 0 Å². The molecular weight excluding hydrogens is 214 g/mol. The summed E-state index contributed by atoms with van der Waals surface area (Å²) in [6, 6.07) is 0. The third-order valence-electron chi connectivity index (χ3n) is 3.90. The van der Waals surface area contributed by atoms with E-state index in [0.717, 1.165) is 38.0 Å². The maximum Gasteiger partial charge on any atom is 0.238 e. The molecule has 1 heterocycles. The van der Waals surface area contributed by atoms with Gasteiger partial charge in [0.05, 0.1) is 0 Å². The number of likely N-dealkylation sites (N-methyl/N-ethyl adjacent to an activating group) is 1. The van der Waals surface area contributed by atoms with E-state index in [4.69, 9.17) is 5.73 Å². The van der Waals surface area contributed by atoms with Crippen LogP contribution < -0.4 is 11.1 Å². The number of nitrogens with one attached hydrogen (secondary N) is 1. The third-order valence-corrected chi connectivity index (χ3v) is 3.90. The number of hydrogen-bond donors (Lipinski definition) is 2. The molecule has 0 aromatic heterocycles. The Morgan fingerprint density at radius 1 is 1.59 bits per heavy atom. The van der Waals surface area contributed by atoms with Crippen LogP contribution in [0.5, 0.6) is 0 Å². The molecule has 2 unspecified atom stereocenters. The molecule has 0 aromatic carbocycles. The number of carbonyl (C=O) groups excluding carboxylic acids is 1. The molecule has 17 heavy (non-hydrogen) atoms. The molecule has 100 valence electrons. The van der Waals surface area contributed by atoms with Crippen LogP contribution in [0, 0.1) is 11.8 Å². The van der Waals surface area contributed by atoms with Gasteiger partial charge in [-0.3, -0.25) is 4.79 Å². The van der Waals surface area contributed by atoms with E-state index in [1.54, 1.807) is 0 Å². The smallest absolute Gasteiger partial charge is 0.238 e. The number of nitrogens with two attached hydrogens (primary N) is 1. The Kier molecular flexibility index (Phi) is 4.95. The zero-order valence-electron chi connectivity index (χ0n) is 11.6. The summed E-state index contributed by atoms with van der Waals surface area (Å²) in [4.78, 5) is 13.9. The van der Waals surface area contributed by atoms with Crippen LogP contribution in [0.15, 0.2) is 0 Å². The van der Waals surface area contributed by atoms with Crippen LogP contribution in [-0.4, -0.2) is 42.5 Å². The lowest BCUT2D eigenvalue weighted by Gasteiger charge is -2.32. The van der Waals surface area contributed by atoms with Gasteiger partial charge in [0.2, 0.25) is 5.91 Å². The fourth-order valence-electron chi connectivity index (χ4n) is 2.61. The van der Waals surface area contributed by atoms with Crippen molar-refractivity contribution in [2.24, 2.45) is 17.6 Å². The number of likely N-dealkylation sites (tertiary alicyclic amines) is 1. The maximum absolute atomic E-state index is 11.5. The Labute approximate surface area is 105 Å². The first-order valence-electron chi connectivity index (χ1n) is 6.66. The van der Waals surface area contributed by atoms with Crippen molar-refractivity contribution in [3.05, 3.63) is 0 Å². The summed E-state index contributed by atoms with van der Waals surface area (Å²) in [5.74, 6) is 1.22. The second-order valence-corrected chi connectivity index (χ2v) is 5.75. The van der Waals surface area contributed by atoms with Crippen LogP contribution in [0.2, 0.25) is 0 Å². The lowest BCUT2D eigenvalue weighted by atomic mass is 9.95. The molecular formula is C13H27N3O. The van der Waals surface area contributed by atoms with E-state index >= 15 is 0 Å². The van der Waals surface area contributed by atoms with Gasteiger partial charge < -0.3 is 16.0 Å². The number of primary amides is 1. The Bertz CT molecular complexity index is 267. The van der Waals surface area contributed by atoms with Crippen molar-refractivity contribution in [3.8, 4) is 0 Å². The molecule has 1 rings (SSSR count). The zero-order chi connectivity index (χ0) is 13.1. The molecule has 1 aliphatic rings. The highest BCUT2D eigenvalue weighted by atomic mass is 16.1. The summed E-state index contributed by atoms with van der Waals surface area (Å²) in [6.07, 6.45) is 1.23. The van der Waals surface area contributed by atoms with Crippen molar-refractivity contribution in [2.75, 3.05) is 26.2 Å². The number of hydrogen-bond acceptors (Lipinski definition) is 3. The van der Waals surface area contributed by atoms with Gasteiger partial charge in [-0.05, 0) is 38.3 Å². The van der Waals surface area contributed by atoms with Crippen LogP contribution >= 0.6 is 0 Å². The minimum absolute atomic E-state index is 0.257. The standard InChI is InChI=1S/C13H27N3O/c1-5-15-13(4,12(14)17)9-16-7-6-11(8-16)10(2)3/h10-11,15H,5-9H2,1-4H3,(H2,14,17). The van der Waals surface area contributed by atoms with Gasteiger partial charge in [-0.2, -0.15) is 0 Å². The lowest BCUT2D eigenvalue weighted by Crippen LogP contribution is -2.59. The first-order valence-corrected chi connectivity index (χ1v) is 6.66. The summed E-state index contributed by atoms with van der Waals surface area (Å²) < 4.78 is 0. The quantitative estimate of drug-likeness (QED) is 0.724. The predicted molar refractivity (Wildman–Crippen MR) is 70.7 cm³/mol. The Morgan fingerprint density at radius 3 is 2.65 bits per heavy atom. The van der Waals surface area contributed by atoms with E-state index in [9.17, 15) is 4.79 Å². The molecule has 2 atom stereocenters. The van der Waals surface area contributed by atoms with E-state index < -0.39 is 5.54 Å². The summed E-state index contributed by atoms with van der Waals surface area (Å²) >= 11 is 0. The van der Waals surface area contributed by atoms with Crippen molar-refractivity contribution in [2.45, 2.75) is 39.7 Å². The van der Waals surface area contributed by atoms with Gasteiger partial charge in [-0.15, -0.1) is 0 Å².